The highest BCUT2D eigenvalue weighted by molar-refractivity contribution is 5.84. The Kier molecular flexibility index (Phi) is 5.10. The van der Waals surface area contributed by atoms with Gasteiger partial charge in [0, 0.05) is 12.8 Å². The highest BCUT2D eigenvalue weighted by Gasteiger charge is 2.61. The number of ether oxygens (including phenoxy) is 3. The quantitative estimate of drug-likeness (QED) is 0.537. The van der Waals surface area contributed by atoms with Crippen LogP contribution in [0.25, 0.3) is 0 Å². The molecule has 0 bridgehead atoms. The highest BCUT2D eigenvalue weighted by Crippen LogP contribution is 2.39. The molecule has 1 saturated heterocycles. The van der Waals surface area contributed by atoms with E-state index < -0.39 is 17.2 Å². The van der Waals surface area contributed by atoms with Crippen molar-refractivity contribution in [1.29, 1.82) is 0 Å². The fourth-order valence-corrected chi connectivity index (χ4v) is 3.34. The van der Waals surface area contributed by atoms with Gasteiger partial charge < -0.3 is 34.6 Å². The summed E-state index contributed by atoms with van der Waals surface area (Å²) < 4.78 is 15.1. The van der Waals surface area contributed by atoms with Gasteiger partial charge in [0.15, 0.2) is 28.6 Å². The first-order valence-electron chi connectivity index (χ1n) is 8.56. The Hall–Kier alpha value is -2.97. The van der Waals surface area contributed by atoms with E-state index in [2.05, 4.69) is 0 Å². The van der Waals surface area contributed by atoms with Crippen LogP contribution in [0.2, 0.25) is 0 Å². The number of hydrogen-bond donors (Lipinski definition) is 4. The van der Waals surface area contributed by atoms with E-state index in [-0.39, 0.29) is 42.4 Å². The van der Waals surface area contributed by atoms with Crippen molar-refractivity contribution in [3.8, 4) is 23.0 Å². The number of esters is 1. The van der Waals surface area contributed by atoms with E-state index in [1.807, 2.05) is 0 Å². The second kappa shape index (κ2) is 7.21. The lowest BCUT2D eigenvalue weighted by atomic mass is 9.77. The van der Waals surface area contributed by atoms with Gasteiger partial charge in [-0.15, -0.1) is 0 Å². The lowest BCUT2D eigenvalue weighted by Crippen LogP contribution is -2.58. The summed E-state index contributed by atoms with van der Waals surface area (Å²) in [6, 6.07) is 8.85. The van der Waals surface area contributed by atoms with Gasteiger partial charge in [-0.05, 0) is 35.4 Å². The minimum Gasteiger partial charge on any atom is -0.504 e. The number of methoxy groups -OCH3 is 2. The van der Waals surface area contributed by atoms with Crippen LogP contribution in [0.1, 0.15) is 11.1 Å². The summed E-state index contributed by atoms with van der Waals surface area (Å²) in [5.74, 6) is -0.702. The molecule has 3 rings (SSSR count). The van der Waals surface area contributed by atoms with Gasteiger partial charge in [-0.25, -0.2) is 4.79 Å². The Labute approximate surface area is 161 Å². The molecule has 0 spiro atoms. The minimum atomic E-state index is -2.21. The molecule has 0 aromatic heterocycles. The molecule has 0 radical (unpaired) electrons. The molecule has 1 heterocycles. The number of aliphatic hydroxyl groups is 2. The van der Waals surface area contributed by atoms with Crippen LogP contribution in [0.4, 0.5) is 0 Å². The number of carbonyl (C=O) groups excluding carboxylic acids is 1. The standard InChI is InChI=1S/C20H22O8/c1-26-16-7-12(3-5-14(16)21)9-19(24)11-28-18(23)20(19,25)10-13-4-6-15(22)17(8-13)27-2/h3-8,21-22,24-25H,9-11H2,1-2H3. The molecule has 1 fully saturated rings. The van der Waals surface area contributed by atoms with E-state index in [4.69, 9.17) is 14.2 Å². The van der Waals surface area contributed by atoms with Crippen molar-refractivity contribution in [2.45, 2.75) is 24.0 Å². The highest BCUT2D eigenvalue weighted by atomic mass is 16.6. The van der Waals surface area contributed by atoms with Crippen molar-refractivity contribution in [2.75, 3.05) is 20.8 Å². The first-order chi connectivity index (χ1) is 13.2. The van der Waals surface area contributed by atoms with E-state index >= 15 is 0 Å². The number of hydrogen-bond acceptors (Lipinski definition) is 8. The normalized spacial score (nSPS) is 24.1. The maximum Gasteiger partial charge on any atom is 0.341 e. The lowest BCUT2D eigenvalue weighted by molar-refractivity contribution is -0.163. The van der Waals surface area contributed by atoms with Gasteiger partial charge in [-0.1, -0.05) is 12.1 Å². The van der Waals surface area contributed by atoms with Crippen LogP contribution in [0.5, 0.6) is 23.0 Å². The van der Waals surface area contributed by atoms with Crippen LogP contribution in [0.15, 0.2) is 36.4 Å². The molecule has 0 amide bonds. The molecule has 8 nitrogen and oxygen atoms in total. The van der Waals surface area contributed by atoms with Crippen LogP contribution in [-0.2, 0) is 22.4 Å². The molecular weight excluding hydrogens is 368 g/mol. The monoisotopic (exact) mass is 390 g/mol. The third-order valence-electron chi connectivity index (χ3n) is 4.99. The molecule has 28 heavy (non-hydrogen) atoms. The molecule has 0 saturated carbocycles. The number of phenolic OH excluding ortho intramolecular Hbond substituents is 2. The zero-order valence-electron chi connectivity index (χ0n) is 15.5. The van der Waals surface area contributed by atoms with Crippen molar-refractivity contribution >= 4 is 5.97 Å². The van der Waals surface area contributed by atoms with Crippen molar-refractivity contribution < 1.29 is 39.4 Å². The average molecular weight is 390 g/mol. The number of rotatable bonds is 6. The van der Waals surface area contributed by atoms with Gasteiger partial charge >= 0.3 is 5.97 Å². The number of cyclic esters (lactones) is 1. The minimum absolute atomic E-state index is 0.0663. The van der Waals surface area contributed by atoms with Gasteiger partial charge in [-0.2, -0.15) is 0 Å². The number of carbonyl (C=O) groups is 1. The molecule has 2 aromatic rings. The molecule has 8 heteroatoms. The average Bonchev–Trinajstić information content (AvgIpc) is 2.89. The van der Waals surface area contributed by atoms with E-state index in [9.17, 15) is 25.2 Å². The van der Waals surface area contributed by atoms with Crippen molar-refractivity contribution in [2.24, 2.45) is 0 Å². The molecular formula is C20H22O8. The van der Waals surface area contributed by atoms with E-state index in [0.29, 0.717) is 11.1 Å². The van der Waals surface area contributed by atoms with Gasteiger partial charge in [0.25, 0.3) is 0 Å². The van der Waals surface area contributed by atoms with E-state index in [0.717, 1.165) is 0 Å². The zero-order chi connectivity index (χ0) is 20.5. The van der Waals surface area contributed by atoms with Crippen molar-refractivity contribution in [3.63, 3.8) is 0 Å². The van der Waals surface area contributed by atoms with E-state index in [1.165, 1.54) is 44.6 Å². The smallest absolute Gasteiger partial charge is 0.341 e. The van der Waals surface area contributed by atoms with Gasteiger partial charge in [0.05, 0.1) is 14.2 Å². The molecule has 0 aliphatic carbocycles. The first kappa shape index (κ1) is 19.8. The molecule has 2 aromatic carbocycles. The maximum atomic E-state index is 12.3. The van der Waals surface area contributed by atoms with Gasteiger partial charge in [-0.3, -0.25) is 0 Å². The summed E-state index contributed by atoms with van der Waals surface area (Å²) in [6.07, 6.45) is -0.352. The second-order valence-electron chi connectivity index (χ2n) is 6.83. The Morgan fingerprint density at radius 1 is 0.929 bits per heavy atom. The molecule has 150 valence electrons. The Morgan fingerprint density at radius 3 is 1.93 bits per heavy atom. The number of phenols is 2. The molecule has 4 N–H and O–H groups in total. The fourth-order valence-electron chi connectivity index (χ4n) is 3.34. The summed E-state index contributed by atoms with van der Waals surface area (Å²) in [5, 5.41) is 41.7. The van der Waals surface area contributed by atoms with Crippen LogP contribution in [-0.4, -0.2) is 58.4 Å². The summed E-state index contributed by atoms with van der Waals surface area (Å²) in [5.41, 5.74) is -3.10. The summed E-state index contributed by atoms with van der Waals surface area (Å²) >= 11 is 0. The van der Waals surface area contributed by atoms with Crippen LogP contribution in [0, 0.1) is 0 Å². The zero-order valence-corrected chi connectivity index (χ0v) is 15.5. The Morgan fingerprint density at radius 2 is 1.43 bits per heavy atom. The summed E-state index contributed by atoms with van der Waals surface area (Å²) in [6.45, 7) is -0.388. The van der Waals surface area contributed by atoms with Gasteiger partial charge in [0.2, 0.25) is 0 Å². The van der Waals surface area contributed by atoms with Crippen LogP contribution in [0.3, 0.4) is 0 Å². The topological polar surface area (TPSA) is 126 Å². The summed E-state index contributed by atoms with van der Waals surface area (Å²) in [7, 11) is 2.77. The molecule has 2 unspecified atom stereocenters. The largest absolute Gasteiger partial charge is 0.504 e. The van der Waals surface area contributed by atoms with E-state index in [1.54, 1.807) is 6.07 Å². The predicted molar refractivity (Wildman–Crippen MR) is 97.6 cm³/mol. The second-order valence-corrected chi connectivity index (χ2v) is 6.83. The van der Waals surface area contributed by atoms with Crippen molar-refractivity contribution in [1.82, 2.24) is 0 Å². The third-order valence-corrected chi connectivity index (χ3v) is 4.99. The number of aromatic hydroxyl groups is 2. The molecule has 1 aliphatic rings. The van der Waals surface area contributed by atoms with Crippen molar-refractivity contribution in [3.05, 3.63) is 47.5 Å². The Balaban J connectivity index is 1.92. The number of benzene rings is 2. The fraction of sp³-hybridized carbons (Fsp3) is 0.350. The lowest BCUT2D eigenvalue weighted by Gasteiger charge is -2.33. The first-order valence-corrected chi connectivity index (χ1v) is 8.56. The Bertz CT molecular complexity index is 896. The molecule has 2 atom stereocenters. The molecule has 1 aliphatic heterocycles. The van der Waals surface area contributed by atoms with Crippen LogP contribution >= 0.6 is 0 Å². The SMILES string of the molecule is COc1cc(CC2(O)COC(=O)C2(O)Cc2ccc(O)c(OC)c2)ccc1O. The van der Waals surface area contributed by atoms with Crippen LogP contribution < -0.4 is 9.47 Å². The predicted octanol–water partition coefficient (Wildman–Crippen LogP) is 0.919. The maximum absolute atomic E-state index is 12.3. The summed E-state index contributed by atoms with van der Waals surface area (Å²) in [4.78, 5) is 12.3. The third kappa shape index (κ3) is 3.32. The van der Waals surface area contributed by atoms with Gasteiger partial charge in [0.1, 0.15) is 12.2 Å².